The number of aldehydes is 1. The van der Waals surface area contributed by atoms with E-state index in [2.05, 4.69) is 46.1 Å². The van der Waals surface area contributed by atoms with Gasteiger partial charge in [0.1, 0.15) is 17.0 Å². The Balaban J connectivity index is 0.000000168. The van der Waals surface area contributed by atoms with Gasteiger partial charge >= 0.3 is 0 Å². The first-order chi connectivity index (χ1) is 14.3. The van der Waals surface area contributed by atoms with Crippen molar-refractivity contribution in [2.45, 2.75) is 45.4 Å². The van der Waals surface area contributed by atoms with Gasteiger partial charge in [0, 0.05) is 48.1 Å². The number of fused-ring (bicyclic) bond motifs is 4. The van der Waals surface area contributed by atoms with Crippen LogP contribution in [0.4, 0.5) is 4.39 Å². The fourth-order valence-electron chi connectivity index (χ4n) is 4.11. The molecule has 30 heavy (non-hydrogen) atoms. The number of para-hydroxylation sites is 1. The van der Waals surface area contributed by atoms with Crippen molar-refractivity contribution in [2.75, 3.05) is 6.54 Å². The van der Waals surface area contributed by atoms with Gasteiger partial charge in [-0.1, -0.05) is 24.3 Å². The van der Waals surface area contributed by atoms with Crippen LogP contribution in [0.3, 0.4) is 0 Å². The number of nitrogens with zero attached hydrogens (tertiary/aromatic N) is 3. The Labute approximate surface area is 175 Å². The third-order valence-corrected chi connectivity index (χ3v) is 5.47. The Hall–Kier alpha value is -2.99. The van der Waals surface area contributed by atoms with E-state index in [0.29, 0.717) is 18.3 Å². The van der Waals surface area contributed by atoms with Crippen LogP contribution >= 0.6 is 0 Å². The van der Waals surface area contributed by atoms with Gasteiger partial charge in [0.25, 0.3) is 0 Å². The summed E-state index contributed by atoms with van der Waals surface area (Å²) in [6, 6.07) is 14.4. The van der Waals surface area contributed by atoms with E-state index in [1.54, 1.807) is 20.0 Å². The quantitative estimate of drug-likeness (QED) is 0.497. The number of benzene rings is 1. The number of carbonyl (C=O) groups is 1. The number of hydrogen-bond acceptors (Lipinski definition) is 3. The zero-order valence-corrected chi connectivity index (χ0v) is 17.6. The van der Waals surface area contributed by atoms with Crippen molar-refractivity contribution in [1.29, 1.82) is 0 Å². The van der Waals surface area contributed by atoms with E-state index in [0.717, 1.165) is 24.9 Å². The van der Waals surface area contributed by atoms with Crippen molar-refractivity contribution >= 4 is 22.8 Å². The minimum Gasteiger partial charge on any atom is -0.357 e. The molecular weight excluding hydrogens is 379 g/mol. The van der Waals surface area contributed by atoms with Crippen molar-refractivity contribution in [2.24, 2.45) is 0 Å². The molecule has 1 N–H and O–H groups in total. The van der Waals surface area contributed by atoms with Gasteiger partial charge in [-0.05, 0) is 51.0 Å². The van der Waals surface area contributed by atoms with E-state index in [9.17, 15) is 9.18 Å². The first-order valence-electron chi connectivity index (χ1n) is 10.2. The number of nitrogens with one attached hydrogen (secondary N) is 1. The number of aromatic amines is 1. The van der Waals surface area contributed by atoms with Gasteiger partial charge in [0.2, 0.25) is 0 Å². The monoisotopic (exact) mass is 406 g/mol. The van der Waals surface area contributed by atoms with Gasteiger partial charge in [-0.3, -0.25) is 9.69 Å². The molecule has 4 heterocycles. The Bertz CT molecular complexity index is 1140. The third-order valence-electron chi connectivity index (χ3n) is 5.47. The van der Waals surface area contributed by atoms with Gasteiger partial charge in [0.15, 0.2) is 6.29 Å². The van der Waals surface area contributed by atoms with E-state index < -0.39 is 5.67 Å². The number of alkyl halides is 1. The zero-order valence-electron chi connectivity index (χ0n) is 17.6. The molecule has 1 aliphatic heterocycles. The predicted octanol–water partition coefficient (Wildman–Crippen LogP) is 4.81. The van der Waals surface area contributed by atoms with Crippen molar-refractivity contribution in [1.82, 2.24) is 19.3 Å². The van der Waals surface area contributed by atoms with E-state index in [1.807, 2.05) is 28.8 Å². The highest BCUT2D eigenvalue weighted by Crippen LogP contribution is 2.31. The number of H-pyrrole nitrogens is 1. The molecule has 1 aliphatic rings. The van der Waals surface area contributed by atoms with Crippen LogP contribution in [0.15, 0.2) is 54.9 Å². The van der Waals surface area contributed by atoms with E-state index in [4.69, 9.17) is 0 Å². The van der Waals surface area contributed by atoms with Gasteiger partial charge in [-0.2, -0.15) is 0 Å². The molecule has 0 aliphatic carbocycles. The molecule has 0 fully saturated rings. The molecule has 5 nitrogen and oxygen atoms in total. The SMILES string of the molecule is CC1Cc2c([nH]c3ccccc23)CN1CC(C)(C)F.O=Cc1cn2ccccc2n1. The lowest BCUT2D eigenvalue weighted by Gasteiger charge is -2.36. The summed E-state index contributed by atoms with van der Waals surface area (Å²) in [5.41, 5.74) is 3.99. The second-order valence-electron chi connectivity index (χ2n) is 8.55. The third kappa shape index (κ3) is 4.28. The molecular formula is C24H27FN4O. The predicted molar refractivity (Wildman–Crippen MR) is 118 cm³/mol. The lowest BCUT2D eigenvalue weighted by atomic mass is 9.96. The van der Waals surface area contributed by atoms with Gasteiger partial charge < -0.3 is 9.38 Å². The summed E-state index contributed by atoms with van der Waals surface area (Å²) >= 11 is 0. The number of hydrogen-bond donors (Lipinski definition) is 1. The van der Waals surface area contributed by atoms with Gasteiger partial charge in [0.05, 0.1) is 0 Å². The Morgan fingerprint density at radius 2 is 2.00 bits per heavy atom. The summed E-state index contributed by atoms with van der Waals surface area (Å²) in [6.07, 6.45) is 5.29. The summed E-state index contributed by atoms with van der Waals surface area (Å²) in [5, 5.41) is 1.32. The largest absolute Gasteiger partial charge is 0.357 e. The Morgan fingerprint density at radius 1 is 1.23 bits per heavy atom. The molecule has 1 aromatic carbocycles. The molecule has 6 heteroatoms. The lowest BCUT2D eigenvalue weighted by molar-refractivity contribution is 0.0853. The number of aromatic nitrogens is 3. The molecule has 1 atom stereocenters. The fourth-order valence-corrected chi connectivity index (χ4v) is 4.11. The average molecular weight is 407 g/mol. The van der Waals surface area contributed by atoms with Crippen molar-refractivity contribution < 1.29 is 9.18 Å². The molecule has 0 bridgehead atoms. The highest BCUT2D eigenvalue weighted by Gasteiger charge is 2.30. The second-order valence-corrected chi connectivity index (χ2v) is 8.55. The van der Waals surface area contributed by atoms with Gasteiger partial charge in [-0.15, -0.1) is 0 Å². The normalized spacial score (nSPS) is 16.9. The van der Waals surface area contributed by atoms with Crippen LogP contribution in [0.5, 0.6) is 0 Å². The van der Waals surface area contributed by atoms with Crippen molar-refractivity contribution in [3.05, 3.63) is 71.8 Å². The number of carbonyl (C=O) groups excluding carboxylic acids is 1. The first kappa shape index (κ1) is 20.3. The maximum atomic E-state index is 13.9. The highest BCUT2D eigenvalue weighted by molar-refractivity contribution is 5.84. The van der Waals surface area contributed by atoms with E-state index in [1.165, 1.54) is 22.2 Å². The fraction of sp³-hybridized carbons (Fsp3) is 0.333. The average Bonchev–Trinajstić information content (AvgIpc) is 3.28. The minimum atomic E-state index is -1.14. The minimum absolute atomic E-state index is 0.390. The summed E-state index contributed by atoms with van der Waals surface area (Å²) in [5.74, 6) is 0. The zero-order chi connectivity index (χ0) is 21.3. The summed E-state index contributed by atoms with van der Waals surface area (Å²) in [4.78, 5) is 20.0. The Morgan fingerprint density at radius 3 is 2.73 bits per heavy atom. The van der Waals surface area contributed by atoms with Crippen LogP contribution in [-0.4, -0.2) is 43.8 Å². The molecule has 5 rings (SSSR count). The van der Waals surface area contributed by atoms with Crippen LogP contribution < -0.4 is 0 Å². The van der Waals surface area contributed by atoms with E-state index in [-0.39, 0.29) is 0 Å². The Kier molecular flexibility index (Phi) is 5.43. The number of rotatable bonds is 3. The smallest absolute Gasteiger partial charge is 0.170 e. The molecule has 3 aromatic heterocycles. The van der Waals surface area contributed by atoms with E-state index >= 15 is 0 Å². The van der Waals surface area contributed by atoms with Crippen molar-refractivity contribution in [3.8, 4) is 0 Å². The highest BCUT2D eigenvalue weighted by atomic mass is 19.1. The first-order valence-corrected chi connectivity index (χ1v) is 10.2. The maximum absolute atomic E-state index is 13.9. The summed E-state index contributed by atoms with van der Waals surface area (Å²) < 4.78 is 15.7. The molecule has 0 saturated carbocycles. The van der Waals surface area contributed by atoms with Crippen LogP contribution in [0.25, 0.3) is 16.6 Å². The van der Waals surface area contributed by atoms with Crippen molar-refractivity contribution in [3.63, 3.8) is 0 Å². The van der Waals surface area contributed by atoms with Crippen LogP contribution in [0.1, 0.15) is 42.5 Å². The number of halogens is 1. The van der Waals surface area contributed by atoms with Gasteiger partial charge in [-0.25, -0.2) is 9.37 Å². The second kappa shape index (κ2) is 8.03. The summed E-state index contributed by atoms with van der Waals surface area (Å²) in [6.45, 7) is 6.80. The topological polar surface area (TPSA) is 53.4 Å². The molecule has 4 aromatic rings. The summed E-state index contributed by atoms with van der Waals surface area (Å²) in [7, 11) is 0. The standard InChI is InChI=1S/C16H21FN2.C8H6N2O/c1-11-8-13-12-6-4-5-7-14(12)18-15(13)9-19(11)10-16(2,3)17;11-6-7-5-10-4-2-1-3-8(10)9-7/h4-7,11,18H,8-10H2,1-3H3;1-6H. The van der Waals surface area contributed by atoms with Crippen LogP contribution in [-0.2, 0) is 13.0 Å². The molecule has 0 amide bonds. The molecule has 0 saturated heterocycles. The lowest BCUT2D eigenvalue weighted by Crippen LogP contribution is -2.44. The molecule has 0 radical (unpaired) electrons. The number of pyridine rings is 1. The number of imidazole rings is 1. The maximum Gasteiger partial charge on any atom is 0.170 e. The van der Waals surface area contributed by atoms with Crippen LogP contribution in [0.2, 0.25) is 0 Å². The molecule has 1 unspecified atom stereocenters. The molecule has 156 valence electrons. The molecule has 0 spiro atoms. The van der Waals surface area contributed by atoms with Crippen LogP contribution in [0, 0.1) is 0 Å².